The van der Waals surface area contributed by atoms with Crippen LogP contribution in [0, 0.1) is 5.82 Å². The molecular weight excluding hydrogens is 303 g/mol. The number of carbonyl (C=O) groups excluding carboxylic acids is 1. The molecule has 110 valence electrons. The van der Waals surface area contributed by atoms with Gasteiger partial charge in [0.2, 0.25) is 5.16 Å². The Morgan fingerprint density at radius 1 is 1.09 bits per heavy atom. The van der Waals surface area contributed by atoms with Crippen molar-refractivity contribution in [3.05, 3.63) is 66.0 Å². The van der Waals surface area contributed by atoms with Gasteiger partial charge in [0.05, 0.1) is 11.4 Å². The molecule has 0 aliphatic carbocycles. The highest BCUT2D eigenvalue weighted by Gasteiger charge is 2.12. The predicted octanol–water partition coefficient (Wildman–Crippen LogP) is 2.78. The fourth-order valence-corrected chi connectivity index (χ4v) is 2.63. The van der Waals surface area contributed by atoms with Gasteiger partial charge in [-0.2, -0.15) is 4.68 Å². The Hall–Kier alpha value is -2.54. The maximum Gasteiger partial charge on any atom is 0.214 e. The fraction of sp³-hybridized carbons (Fsp3) is 0.0667. The third kappa shape index (κ3) is 3.20. The van der Waals surface area contributed by atoms with Gasteiger partial charge >= 0.3 is 0 Å². The van der Waals surface area contributed by atoms with Crippen molar-refractivity contribution in [3.63, 3.8) is 0 Å². The smallest absolute Gasteiger partial charge is 0.214 e. The molecule has 0 N–H and O–H groups in total. The normalized spacial score (nSPS) is 10.6. The number of rotatable bonds is 5. The molecule has 1 aromatic heterocycles. The molecule has 0 amide bonds. The maximum absolute atomic E-state index is 12.9. The van der Waals surface area contributed by atoms with Crippen LogP contribution in [0.1, 0.15) is 10.4 Å². The van der Waals surface area contributed by atoms with E-state index in [0.717, 1.165) is 5.69 Å². The van der Waals surface area contributed by atoms with Gasteiger partial charge < -0.3 is 0 Å². The minimum Gasteiger partial charge on any atom is -0.293 e. The molecule has 0 spiro atoms. The van der Waals surface area contributed by atoms with E-state index in [9.17, 15) is 9.18 Å². The Kier molecular flexibility index (Phi) is 4.24. The van der Waals surface area contributed by atoms with Crippen LogP contribution in [0.4, 0.5) is 4.39 Å². The standard InChI is InChI=1S/C15H11FN4OS/c16-12-8-6-11(7-9-12)14(21)10-22-15-17-18-19-20(15)13-4-2-1-3-5-13/h1-9H,10H2. The molecule has 0 saturated carbocycles. The zero-order valence-corrected chi connectivity index (χ0v) is 12.2. The summed E-state index contributed by atoms with van der Waals surface area (Å²) < 4.78 is 14.4. The van der Waals surface area contributed by atoms with E-state index in [1.165, 1.54) is 36.0 Å². The summed E-state index contributed by atoms with van der Waals surface area (Å²) in [7, 11) is 0. The number of halogens is 1. The molecule has 22 heavy (non-hydrogen) atoms. The lowest BCUT2D eigenvalue weighted by Crippen LogP contribution is -2.05. The lowest BCUT2D eigenvalue weighted by molar-refractivity contribution is 0.102. The third-order valence-corrected chi connectivity index (χ3v) is 3.86. The first kappa shape index (κ1) is 14.4. The minimum absolute atomic E-state index is 0.104. The topological polar surface area (TPSA) is 60.7 Å². The van der Waals surface area contributed by atoms with Crippen molar-refractivity contribution in [2.24, 2.45) is 0 Å². The number of nitrogens with zero attached hydrogens (tertiary/aromatic N) is 4. The van der Waals surface area contributed by atoms with Gasteiger partial charge in [0.15, 0.2) is 5.78 Å². The second kappa shape index (κ2) is 6.48. The second-order valence-corrected chi connectivity index (χ2v) is 5.37. The van der Waals surface area contributed by atoms with Gasteiger partial charge in [-0.1, -0.05) is 30.0 Å². The van der Waals surface area contributed by atoms with Crippen LogP contribution in [0.5, 0.6) is 0 Å². The fourth-order valence-electron chi connectivity index (χ4n) is 1.85. The molecular formula is C15H11FN4OS. The Morgan fingerprint density at radius 3 is 2.55 bits per heavy atom. The van der Waals surface area contributed by atoms with Crippen LogP contribution in [0.15, 0.2) is 59.8 Å². The predicted molar refractivity (Wildman–Crippen MR) is 80.6 cm³/mol. The van der Waals surface area contributed by atoms with E-state index in [2.05, 4.69) is 15.5 Å². The van der Waals surface area contributed by atoms with Crippen molar-refractivity contribution >= 4 is 17.5 Å². The molecule has 0 atom stereocenters. The minimum atomic E-state index is -0.364. The molecule has 5 nitrogen and oxygen atoms in total. The molecule has 0 aliphatic rings. The lowest BCUT2D eigenvalue weighted by atomic mass is 10.1. The van der Waals surface area contributed by atoms with Crippen molar-refractivity contribution in [2.45, 2.75) is 5.16 Å². The number of tetrazole rings is 1. The average Bonchev–Trinajstić information content (AvgIpc) is 3.02. The quantitative estimate of drug-likeness (QED) is 0.535. The third-order valence-electron chi connectivity index (χ3n) is 2.94. The van der Waals surface area contributed by atoms with E-state index in [-0.39, 0.29) is 17.4 Å². The second-order valence-electron chi connectivity index (χ2n) is 4.43. The van der Waals surface area contributed by atoms with E-state index in [0.29, 0.717) is 10.7 Å². The van der Waals surface area contributed by atoms with E-state index in [4.69, 9.17) is 0 Å². The number of hydrogen-bond donors (Lipinski definition) is 0. The highest BCUT2D eigenvalue weighted by molar-refractivity contribution is 7.99. The van der Waals surface area contributed by atoms with Gasteiger partial charge in [0, 0.05) is 5.56 Å². The number of carbonyl (C=O) groups is 1. The molecule has 3 rings (SSSR count). The molecule has 2 aromatic carbocycles. The first-order chi connectivity index (χ1) is 10.7. The number of benzene rings is 2. The zero-order chi connectivity index (χ0) is 15.4. The van der Waals surface area contributed by atoms with Crippen LogP contribution in [-0.2, 0) is 0 Å². The maximum atomic E-state index is 12.9. The van der Waals surface area contributed by atoms with E-state index in [1.807, 2.05) is 30.3 Å². The number of Topliss-reactive ketones (excluding diaryl/α,β-unsaturated/α-hetero) is 1. The van der Waals surface area contributed by atoms with Gasteiger partial charge in [0.1, 0.15) is 5.82 Å². The molecule has 0 radical (unpaired) electrons. The van der Waals surface area contributed by atoms with Crippen LogP contribution in [0.2, 0.25) is 0 Å². The lowest BCUT2D eigenvalue weighted by Gasteiger charge is -2.03. The monoisotopic (exact) mass is 314 g/mol. The molecule has 0 aliphatic heterocycles. The van der Waals surface area contributed by atoms with Crippen molar-refractivity contribution < 1.29 is 9.18 Å². The summed E-state index contributed by atoms with van der Waals surface area (Å²) in [4.78, 5) is 12.1. The summed E-state index contributed by atoms with van der Waals surface area (Å²) in [5.74, 6) is -0.288. The van der Waals surface area contributed by atoms with Crippen molar-refractivity contribution in [2.75, 3.05) is 5.75 Å². The number of ketones is 1. The van der Waals surface area contributed by atoms with Crippen molar-refractivity contribution in [1.82, 2.24) is 20.2 Å². The summed E-state index contributed by atoms with van der Waals surface area (Å²) in [6.07, 6.45) is 0. The van der Waals surface area contributed by atoms with Gasteiger partial charge in [-0.05, 0) is 46.8 Å². The highest BCUT2D eigenvalue weighted by Crippen LogP contribution is 2.19. The number of hydrogen-bond acceptors (Lipinski definition) is 5. The summed E-state index contributed by atoms with van der Waals surface area (Å²) in [6, 6.07) is 14.9. The molecule has 0 saturated heterocycles. The Balaban J connectivity index is 1.71. The van der Waals surface area contributed by atoms with Crippen molar-refractivity contribution in [1.29, 1.82) is 0 Å². The average molecular weight is 314 g/mol. The first-order valence-electron chi connectivity index (χ1n) is 6.49. The van der Waals surface area contributed by atoms with Gasteiger partial charge in [-0.25, -0.2) is 4.39 Å². The number of para-hydroxylation sites is 1. The number of thioether (sulfide) groups is 1. The van der Waals surface area contributed by atoms with E-state index < -0.39 is 0 Å². The Morgan fingerprint density at radius 2 is 1.82 bits per heavy atom. The van der Waals surface area contributed by atoms with E-state index >= 15 is 0 Å². The summed E-state index contributed by atoms with van der Waals surface area (Å²) in [5.41, 5.74) is 1.29. The molecule has 0 fully saturated rings. The molecule has 1 heterocycles. The molecule has 0 bridgehead atoms. The molecule has 7 heteroatoms. The Bertz CT molecular complexity index is 774. The van der Waals surface area contributed by atoms with Crippen LogP contribution < -0.4 is 0 Å². The zero-order valence-electron chi connectivity index (χ0n) is 11.4. The molecule has 0 unspecified atom stereocenters. The van der Waals surface area contributed by atoms with Gasteiger partial charge in [-0.15, -0.1) is 5.10 Å². The summed E-state index contributed by atoms with van der Waals surface area (Å²) >= 11 is 1.24. The van der Waals surface area contributed by atoms with E-state index in [1.54, 1.807) is 4.68 Å². The Labute approximate surface area is 130 Å². The summed E-state index contributed by atoms with van der Waals surface area (Å²) in [6.45, 7) is 0. The SMILES string of the molecule is O=C(CSc1nnnn1-c1ccccc1)c1ccc(F)cc1. The largest absolute Gasteiger partial charge is 0.293 e. The van der Waals surface area contributed by atoms with Gasteiger partial charge in [-0.3, -0.25) is 4.79 Å². The van der Waals surface area contributed by atoms with Crippen molar-refractivity contribution in [3.8, 4) is 5.69 Å². The van der Waals surface area contributed by atoms with Gasteiger partial charge in [0.25, 0.3) is 0 Å². The van der Waals surface area contributed by atoms with Crippen LogP contribution in [0.3, 0.4) is 0 Å². The first-order valence-corrected chi connectivity index (χ1v) is 7.48. The highest BCUT2D eigenvalue weighted by atomic mass is 32.2. The van der Waals surface area contributed by atoms with Crippen LogP contribution in [-0.4, -0.2) is 31.7 Å². The van der Waals surface area contributed by atoms with Crippen LogP contribution in [0.25, 0.3) is 5.69 Å². The summed E-state index contributed by atoms with van der Waals surface area (Å²) in [5, 5.41) is 12.0. The molecule has 3 aromatic rings. The van der Waals surface area contributed by atoms with Crippen LogP contribution >= 0.6 is 11.8 Å². The number of aromatic nitrogens is 4.